The Morgan fingerprint density at radius 2 is 1.85 bits per heavy atom. The van der Waals surface area contributed by atoms with Crippen molar-refractivity contribution < 1.29 is 32.3 Å². The van der Waals surface area contributed by atoms with Crippen LogP contribution in [0.25, 0.3) is 0 Å². The molecule has 2 fully saturated rings. The molecule has 0 bridgehead atoms. The molecular weight excluding hydrogens is 515 g/mol. The maximum absolute atomic E-state index is 13.3. The lowest BCUT2D eigenvalue weighted by molar-refractivity contribution is -0.149. The van der Waals surface area contributed by atoms with Gasteiger partial charge in [0.2, 0.25) is 5.91 Å². The van der Waals surface area contributed by atoms with Crippen LogP contribution in [0.4, 0.5) is 28.6 Å². The van der Waals surface area contributed by atoms with E-state index in [0.29, 0.717) is 11.5 Å². The fourth-order valence-corrected chi connectivity index (χ4v) is 4.88. The zero-order valence-corrected chi connectivity index (χ0v) is 21.5. The van der Waals surface area contributed by atoms with Crippen LogP contribution in [0.2, 0.25) is 0 Å². The number of urea groups is 1. The number of halogens is 3. The molecule has 0 unspecified atom stereocenters. The molecule has 4 rings (SSSR count). The van der Waals surface area contributed by atoms with E-state index in [-0.39, 0.29) is 24.9 Å². The molecule has 39 heavy (non-hydrogen) atoms. The molecule has 0 radical (unpaired) electrons. The van der Waals surface area contributed by atoms with E-state index < -0.39 is 42.8 Å². The van der Waals surface area contributed by atoms with E-state index in [1.165, 1.54) is 12.3 Å². The molecule has 12 heteroatoms. The molecule has 2 heterocycles. The summed E-state index contributed by atoms with van der Waals surface area (Å²) < 4.78 is 44.3. The Kier molecular flexibility index (Phi) is 8.93. The number of alkyl halides is 3. The minimum Gasteiger partial charge on any atom is -0.445 e. The average Bonchev–Trinajstić information content (AvgIpc) is 3.28. The maximum Gasteiger partial charge on any atom is 0.410 e. The molecule has 9 nitrogen and oxygen atoms in total. The lowest BCUT2D eigenvalue weighted by atomic mass is 9.79. The van der Waals surface area contributed by atoms with Crippen LogP contribution in [0.1, 0.15) is 43.7 Å². The van der Waals surface area contributed by atoms with E-state index in [2.05, 4.69) is 22.5 Å². The third kappa shape index (κ3) is 7.84. The van der Waals surface area contributed by atoms with Gasteiger partial charge in [0.15, 0.2) is 0 Å². The number of carbonyl (C=O) groups is 3. The summed E-state index contributed by atoms with van der Waals surface area (Å²) in [5.41, 5.74) is 1.31. The first-order valence-corrected chi connectivity index (χ1v) is 12.9. The predicted molar refractivity (Wildman–Crippen MR) is 136 cm³/mol. The largest absolute Gasteiger partial charge is 0.445 e. The van der Waals surface area contributed by atoms with E-state index in [4.69, 9.17) is 4.74 Å². The Hall–Kier alpha value is -3.83. The number of pyridine rings is 1. The van der Waals surface area contributed by atoms with Gasteiger partial charge >= 0.3 is 18.3 Å². The van der Waals surface area contributed by atoms with Crippen molar-refractivity contribution in [2.75, 3.05) is 11.9 Å². The zero-order valence-electron chi connectivity index (χ0n) is 21.5. The van der Waals surface area contributed by atoms with Crippen LogP contribution in [-0.4, -0.2) is 52.7 Å². The lowest BCUT2D eigenvalue weighted by Gasteiger charge is -2.32. The van der Waals surface area contributed by atoms with Crippen LogP contribution in [0.5, 0.6) is 0 Å². The Morgan fingerprint density at radius 3 is 2.51 bits per heavy atom. The van der Waals surface area contributed by atoms with Crippen molar-refractivity contribution in [3.8, 4) is 0 Å². The molecule has 2 aromatic rings. The Balaban J connectivity index is 1.40. The molecule has 2 aliphatic rings. The number of ether oxygens (including phenoxy) is 1. The van der Waals surface area contributed by atoms with Crippen LogP contribution in [-0.2, 0) is 22.7 Å². The number of carbonyl (C=O) groups excluding carboxylic acids is 3. The summed E-state index contributed by atoms with van der Waals surface area (Å²) in [6, 6.07) is 8.63. The summed E-state index contributed by atoms with van der Waals surface area (Å²) >= 11 is 0. The summed E-state index contributed by atoms with van der Waals surface area (Å²) in [6.45, 7) is 1.62. The second-order valence-electron chi connectivity index (χ2n) is 10.2. The third-order valence-electron chi connectivity index (χ3n) is 7.13. The number of nitrogens with zero attached hydrogens (tertiary/aromatic N) is 2. The SMILES string of the molecule is CC1CCC([C@@H](NC(=O)OCc2ccccc2)C(=O)Nc2cc(CN3C[C@H](C(F)(F)F)NC3=O)ccn2)CC1. The maximum atomic E-state index is 13.3. The van der Waals surface area contributed by atoms with Crippen molar-refractivity contribution >= 4 is 23.8 Å². The van der Waals surface area contributed by atoms with Gasteiger partial charge in [-0.05, 0) is 47.9 Å². The first-order chi connectivity index (χ1) is 18.6. The molecule has 3 N–H and O–H groups in total. The van der Waals surface area contributed by atoms with Crippen LogP contribution in [0.3, 0.4) is 0 Å². The zero-order chi connectivity index (χ0) is 28.0. The topological polar surface area (TPSA) is 113 Å². The van der Waals surface area contributed by atoms with Gasteiger partial charge in [0.25, 0.3) is 0 Å². The van der Waals surface area contributed by atoms with E-state index in [1.54, 1.807) is 6.07 Å². The molecule has 1 aromatic carbocycles. The van der Waals surface area contributed by atoms with E-state index >= 15 is 0 Å². The van der Waals surface area contributed by atoms with Gasteiger partial charge in [-0.25, -0.2) is 14.6 Å². The molecule has 4 amide bonds. The van der Waals surface area contributed by atoms with Gasteiger partial charge in [0.05, 0.1) is 6.54 Å². The second-order valence-corrected chi connectivity index (χ2v) is 10.2. The van der Waals surface area contributed by atoms with Gasteiger partial charge in [0.1, 0.15) is 24.5 Å². The monoisotopic (exact) mass is 547 g/mol. The fraction of sp³-hybridized carbons (Fsp3) is 0.481. The molecule has 1 saturated carbocycles. The van der Waals surface area contributed by atoms with Gasteiger partial charge < -0.3 is 25.6 Å². The van der Waals surface area contributed by atoms with Crippen molar-refractivity contribution in [3.05, 3.63) is 59.8 Å². The van der Waals surface area contributed by atoms with Crippen molar-refractivity contribution in [1.82, 2.24) is 20.5 Å². The van der Waals surface area contributed by atoms with Crippen LogP contribution in [0.15, 0.2) is 48.7 Å². The lowest BCUT2D eigenvalue weighted by Crippen LogP contribution is -2.49. The summed E-state index contributed by atoms with van der Waals surface area (Å²) in [5, 5.41) is 7.37. The fourth-order valence-electron chi connectivity index (χ4n) is 4.88. The number of nitrogens with one attached hydrogen (secondary N) is 3. The smallest absolute Gasteiger partial charge is 0.410 e. The molecular formula is C27H32F3N5O4. The number of benzene rings is 1. The Labute approximate surface area is 224 Å². The van der Waals surface area contributed by atoms with Gasteiger partial charge in [-0.3, -0.25) is 4.79 Å². The van der Waals surface area contributed by atoms with Crippen molar-refractivity contribution in [3.63, 3.8) is 0 Å². The minimum atomic E-state index is -4.54. The first-order valence-electron chi connectivity index (χ1n) is 12.9. The predicted octanol–water partition coefficient (Wildman–Crippen LogP) is 4.60. The average molecular weight is 548 g/mol. The third-order valence-corrected chi connectivity index (χ3v) is 7.13. The quantitative estimate of drug-likeness (QED) is 0.447. The van der Waals surface area contributed by atoms with Crippen molar-refractivity contribution in [1.29, 1.82) is 0 Å². The molecule has 0 spiro atoms. The van der Waals surface area contributed by atoms with Crippen molar-refractivity contribution in [2.24, 2.45) is 11.8 Å². The highest BCUT2D eigenvalue weighted by Crippen LogP contribution is 2.31. The Morgan fingerprint density at radius 1 is 1.13 bits per heavy atom. The van der Waals surface area contributed by atoms with Crippen LogP contribution < -0.4 is 16.0 Å². The highest BCUT2D eigenvalue weighted by Gasteiger charge is 2.46. The normalized spacial score (nSPS) is 22.1. The van der Waals surface area contributed by atoms with E-state index in [1.807, 2.05) is 35.6 Å². The molecule has 1 saturated heterocycles. The molecule has 210 valence electrons. The van der Waals surface area contributed by atoms with Gasteiger partial charge in [-0.15, -0.1) is 0 Å². The first kappa shape index (κ1) is 28.2. The number of rotatable bonds is 8. The van der Waals surface area contributed by atoms with E-state index in [9.17, 15) is 27.6 Å². The molecule has 2 atom stereocenters. The van der Waals surface area contributed by atoms with Crippen molar-refractivity contribution in [2.45, 2.75) is 64.0 Å². The summed E-state index contributed by atoms with van der Waals surface area (Å²) in [4.78, 5) is 43.2. The summed E-state index contributed by atoms with van der Waals surface area (Å²) in [6.07, 6.45) is -0.466. The molecule has 1 aliphatic heterocycles. The standard InChI is InChI=1S/C27H32F3N5O4/c1-17-7-9-20(10-8-17)23(34-26(38)39-16-18-5-3-2-4-6-18)24(36)33-22-13-19(11-12-31-22)14-35-15-21(27(28,29)30)32-25(35)37/h2-6,11-13,17,20-21,23H,7-10,14-16H2,1H3,(H,32,37)(H,34,38)(H,31,33,36)/t17?,20?,21-,23-/m1/s1. The van der Waals surface area contributed by atoms with Crippen LogP contribution >= 0.6 is 0 Å². The Bertz CT molecular complexity index is 1160. The van der Waals surface area contributed by atoms with Gasteiger partial charge in [-0.2, -0.15) is 13.2 Å². The highest BCUT2D eigenvalue weighted by atomic mass is 19.4. The number of alkyl carbamates (subject to hydrolysis) is 1. The summed E-state index contributed by atoms with van der Waals surface area (Å²) in [7, 11) is 0. The van der Waals surface area contributed by atoms with E-state index in [0.717, 1.165) is 36.1 Å². The number of anilines is 1. The highest BCUT2D eigenvalue weighted by molar-refractivity contribution is 5.96. The molecule has 1 aromatic heterocycles. The number of hydrogen-bond acceptors (Lipinski definition) is 5. The van der Waals surface area contributed by atoms with Gasteiger partial charge in [0, 0.05) is 12.7 Å². The second kappa shape index (κ2) is 12.4. The molecule has 1 aliphatic carbocycles. The minimum absolute atomic E-state index is 0.0611. The number of aromatic nitrogens is 1. The van der Waals surface area contributed by atoms with Crippen LogP contribution in [0, 0.1) is 11.8 Å². The summed E-state index contributed by atoms with van der Waals surface area (Å²) in [5.74, 6) is 0.138. The number of amides is 4. The van der Waals surface area contributed by atoms with Gasteiger partial charge in [-0.1, -0.05) is 50.1 Å². The number of hydrogen-bond donors (Lipinski definition) is 3.